The molecule has 0 radical (unpaired) electrons. The van der Waals surface area contributed by atoms with Crippen LogP contribution in [0.1, 0.15) is 22.3 Å². The molecule has 0 bridgehead atoms. The zero-order valence-electron chi connectivity index (χ0n) is 33.6. The van der Waals surface area contributed by atoms with Gasteiger partial charge in [-0.05, 0) is 98.4 Å². The van der Waals surface area contributed by atoms with Crippen molar-refractivity contribution in [2.75, 3.05) is 4.90 Å². The maximum Gasteiger partial charge on any atom is 0.160 e. The minimum absolute atomic E-state index is 0.440. The van der Waals surface area contributed by atoms with Crippen LogP contribution in [0.5, 0.6) is 11.5 Å². The fourth-order valence-electron chi connectivity index (χ4n) is 11.4. The van der Waals surface area contributed by atoms with Gasteiger partial charge >= 0.3 is 0 Å². The van der Waals surface area contributed by atoms with Gasteiger partial charge in [0, 0.05) is 33.0 Å². The van der Waals surface area contributed by atoms with Gasteiger partial charge in [-0.1, -0.05) is 170 Å². The summed E-state index contributed by atoms with van der Waals surface area (Å²) in [5.41, 5.74) is 18.9. The highest BCUT2D eigenvalue weighted by Gasteiger charge is 2.52. The maximum atomic E-state index is 6.88. The number of aromatic nitrogens is 1. The molecule has 14 rings (SSSR count). The smallest absolute Gasteiger partial charge is 0.160 e. The monoisotopic (exact) mass is 788 g/mol. The Bertz CT molecular complexity index is 3640. The van der Waals surface area contributed by atoms with Gasteiger partial charge in [0.2, 0.25) is 0 Å². The van der Waals surface area contributed by atoms with E-state index in [1.807, 2.05) is 0 Å². The molecule has 0 atom stereocenters. The first-order chi connectivity index (χ1) is 30.8. The van der Waals surface area contributed by atoms with Gasteiger partial charge in [-0.2, -0.15) is 0 Å². The Morgan fingerprint density at radius 3 is 1.81 bits per heavy atom. The van der Waals surface area contributed by atoms with Crippen molar-refractivity contribution in [1.82, 2.24) is 4.57 Å². The zero-order chi connectivity index (χ0) is 40.5. The van der Waals surface area contributed by atoms with Crippen LogP contribution in [0.4, 0.5) is 17.1 Å². The number of benzene rings is 10. The maximum absolute atomic E-state index is 6.88. The highest BCUT2D eigenvalue weighted by Crippen LogP contribution is 2.65. The first-order valence-electron chi connectivity index (χ1n) is 21.4. The fourth-order valence-corrected chi connectivity index (χ4v) is 11.4. The molecule has 1 aliphatic heterocycles. The van der Waals surface area contributed by atoms with E-state index in [1.54, 1.807) is 0 Å². The van der Waals surface area contributed by atoms with E-state index in [1.165, 1.54) is 71.6 Å². The second-order valence-electron chi connectivity index (χ2n) is 16.7. The van der Waals surface area contributed by atoms with Gasteiger partial charge in [0.25, 0.3) is 0 Å². The van der Waals surface area contributed by atoms with Crippen LogP contribution in [-0.2, 0) is 5.41 Å². The van der Waals surface area contributed by atoms with Crippen LogP contribution in [-0.4, -0.2) is 4.57 Å². The molecular formula is C59H36N2O. The molecule has 3 nitrogen and oxygen atoms in total. The third-order valence-corrected chi connectivity index (χ3v) is 13.8. The van der Waals surface area contributed by atoms with Gasteiger partial charge in [-0.15, -0.1) is 0 Å². The van der Waals surface area contributed by atoms with Crippen molar-refractivity contribution in [3.05, 3.63) is 241 Å². The van der Waals surface area contributed by atoms with Crippen LogP contribution >= 0.6 is 0 Å². The first kappa shape index (κ1) is 33.7. The van der Waals surface area contributed by atoms with E-state index >= 15 is 0 Å². The first-order valence-corrected chi connectivity index (χ1v) is 21.4. The molecule has 2 aliphatic carbocycles. The Hall–Kier alpha value is -8.14. The van der Waals surface area contributed by atoms with Crippen LogP contribution in [0.2, 0.25) is 0 Å². The largest absolute Gasteiger partial charge is 0.452 e. The number of fused-ring (bicyclic) bond motifs is 16. The highest BCUT2D eigenvalue weighted by atomic mass is 16.5. The zero-order valence-corrected chi connectivity index (χ0v) is 33.6. The molecule has 0 amide bonds. The Labute approximate surface area is 359 Å². The molecule has 1 spiro atoms. The van der Waals surface area contributed by atoms with Gasteiger partial charge in [-0.25, -0.2) is 0 Å². The summed E-state index contributed by atoms with van der Waals surface area (Å²) in [5.74, 6) is 1.74. The molecule has 62 heavy (non-hydrogen) atoms. The van der Waals surface area contributed by atoms with E-state index in [2.05, 4.69) is 228 Å². The normalized spacial score (nSPS) is 13.4. The molecule has 10 aromatic carbocycles. The molecule has 0 saturated carbocycles. The molecule has 0 saturated heterocycles. The summed E-state index contributed by atoms with van der Waals surface area (Å²) < 4.78 is 9.25. The number of rotatable bonds is 4. The number of hydrogen-bond donors (Lipinski definition) is 0. The van der Waals surface area contributed by atoms with Crippen LogP contribution < -0.4 is 9.64 Å². The molecule has 1 aromatic heterocycles. The van der Waals surface area contributed by atoms with Crippen molar-refractivity contribution in [3.63, 3.8) is 0 Å². The summed E-state index contributed by atoms with van der Waals surface area (Å²) in [6.07, 6.45) is 0. The molecule has 0 unspecified atom stereocenters. The lowest BCUT2D eigenvalue weighted by Crippen LogP contribution is -2.26. The Balaban J connectivity index is 1.000. The van der Waals surface area contributed by atoms with E-state index in [0.717, 1.165) is 50.9 Å². The molecule has 11 aromatic rings. The minimum Gasteiger partial charge on any atom is -0.452 e. The molecule has 3 heteroatoms. The SMILES string of the molecule is c1ccc2c(c1)Oc1c(-c3ccc(N(c4cccc5c4-c4ccccc4C54c5ccccc5-c5ccccc54)c4cccc5ccccc45)cc3)ccc3c4ccccc4n-2c13. The Morgan fingerprint density at radius 2 is 1.00 bits per heavy atom. The van der Waals surface area contributed by atoms with Gasteiger partial charge < -0.3 is 14.2 Å². The van der Waals surface area contributed by atoms with Crippen molar-refractivity contribution < 1.29 is 4.74 Å². The summed E-state index contributed by atoms with van der Waals surface area (Å²) in [4.78, 5) is 2.49. The van der Waals surface area contributed by atoms with E-state index < -0.39 is 5.41 Å². The van der Waals surface area contributed by atoms with Crippen LogP contribution in [0.25, 0.3) is 71.6 Å². The van der Waals surface area contributed by atoms with Crippen molar-refractivity contribution in [3.8, 4) is 50.6 Å². The van der Waals surface area contributed by atoms with Gasteiger partial charge in [-0.3, -0.25) is 0 Å². The van der Waals surface area contributed by atoms with Crippen molar-refractivity contribution in [2.24, 2.45) is 0 Å². The quantitative estimate of drug-likeness (QED) is 0.177. The highest BCUT2D eigenvalue weighted by molar-refractivity contribution is 6.14. The lowest BCUT2D eigenvalue weighted by Gasteiger charge is -2.32. The van der Waals surface area contributed by atoms with Crippen LogP contribution in [0.15, 0.2) is 218 Å². The Morgan fingerprint density at radius 1 is 0.403 bits per heavy atom. The minimum atomic E-state index is -0.440. The second kappa shape index (κ2) is 12.4. The molecule has 0 fully saturated rings. The predicted octanol–water partition coefficient (Wildman–Crippen LogP) is 15.5. The van der Waals surface area contributed by atoms with E-state index in [4.69, 9.17) is 4.74 Å². The summed E-state index contributed by atoms with van der Waals surface area (Å²) in [6.45, 7) is 0. The number of anilines is 3. The average Bonchev–Trinajstić information content (AvgIpc) is 3.95. The number of para-hydroxylation sites is 3. The van der Waals surface area contributed by atoms with E-state index in [9.17, 15) is 0 Å². The molecule has 288 valence electrons. The van der Waals surface area contributed by atoms with E-state index in [0.29, 0.717) is 0 Å². The number of ether oxygens (including phenoxy) is 1. The van der Waals surface area contributed by atoms with Crippen LogP contribution in [0.3, 0.4) is 0 Å². The van der Waals surface area contributed by atoms with E-state index in [-0.39, 0.29) is 0 Å². The van der Waals surface area contributed by atoms with Gasteiger partial charge in [0.05, 0.1) is 33.5 Å². The number of nitrogens with zero attached hydrogens (tertiary/aromatic N) is 2. The number of hydrogen-bond acceptors (Lipinski definition) is 2. The second-order valence-corrected chi connectivity index (χ2v) is 16.7. The lowest BCUT2D eigenvalue weighted by molar-refractivity contribution is 0.478. The lowest BCUT2D eigenvalue weighted by atomic mass is 9.70. The van der Waals surface area contributed by atoms with Crippen molar-refractivity contribution in [1.29, 1.82) is 0 Å². The summed E-state index contributed by atoms with van der Waals surface area (Å²) in [7, 11) is 0. The molecule has 3 aliphatic rings. The fraction of sp³-hybridized carbons (Fsp3) is 0.0169. The Kier molecular flexibility index (Phi) is 6.76. The summed E-state index contributed by atoms with van der Waals surface area (Å²) in [6, 6.07) is 80.2. The standard InChI is InChI=1S/C59H36N2O/c1-2-17-40-37(15-1)16-13-28-51(40)60(54-29-14-25-50-56(54)46-21-5-9-24-49(46)59(50)47-22-7-3-18-42(47)43-19-4-8-23-48(43)59)39-33-31-38(32-34-39)41-35-36-45-44-20-6-10-26-52(44)61-53-27-11-12-30-55(53)62-58(41)57(45)61/h1-36H. The third kappa shape index (κ3) is 4.29. The predicted molar refractivity (Wildman–Crippen MR) is 255 cm³/mol. The average molecular weight is 789 g/mol. The topological polar surface area (TPSA) is 17.4 Å². The van der Waals surface area contributed by atoms with Crippen molar-refractivity contribution >= 4 is 49.6 Å². The summed E-state index contributed by atoms with van der Waals surface area (Å²) >= 11 is 0. The molecule has 2 heterocycles. The van der Waals surface area contributed by atoms with Gasteiger partial charge in [0.1, 0.15) is 0 Å². The molecular weight excluding hydrogens is 753 g/mol. The summed E-state index contributed by atoms with van der Waals surface area (Å²) in [5, 5.41) is 4.81. The van der Waals surface area contributed by atoms with Crippen LogP contribution in [0, 0.1) is 0 Å². The third-order valence-electron chi connectivity index (χ3n) is 13.8. The van der Waals surface area contributed by atoms with Crippen molar-refractivity contribution in [2.45, 2.75) is 5.41 Å². The van der Waals surface area contributed by atoms with Gasteiger partial charge in [0.15, 0.2) is 11.5 Å². The molecule has 0 N–H and O–H groups in total.